The van der Waals surface area contributed by atoms with E-state index in [-0.39, 0.29) is 36.5 Å². The molecule has 10 heteroatoms. The molecular weight excluding hydrogens is 532 g/mol. The fourth-order valence-electron chi connectivity index (χ4n) is 6.30. The Bertz CT molecular complexity index is 1430. The first kappa shape index (κ1) is 29.6. The highest BCUT2D eigenvalue weighted by molar-refractivity contribution is 5.91. The number of carbonyl (C=O) groups excluding carboxylic acids is 3. The van der Waals surface area contributed by atoms with E-state index in [4.69, 9.17) is 10.5 Å². The van der Waals surface area contributed by atoms with Crippen LogP contribution in [0.15, 0.2) is 42.5 Å². The molecule has 2 aromatic carbocycles. The Morgan fingerprint density at radius 3 is 2.52 bits per heavy atom. The third-order valence-corrected chi connectivity index (χ3v) is 8.67. The Morgan fingerprint density at radius 1 is 1.10 bits per heavy atom. The summed E-state index contributed by atoms with van der Waals surface area (Å²) < 4.78 is 7.12. The Morgan fingerprint density at radius 2 is 1.81 bits per heavy atom. The van der Waals surface area contributed by atoms with Crippen molar-refractivity contribution in [2.75, 3.05) is 26.7 Å². The monoisotopic (exact) mass is 574 g/mol. The molecule has 0 aliphatic carbocycles. The van der Waals surface area contributed by atoms with E-state index in [2.05, 4.69) is 10.4 Å². The Labute approximate surface area is 247 Å². The average molecular weight is 575 g/mol. The minimum atomic E-state index is -0.831. The van der Waals surface area contributed by atoms with Crippen LogP contribution in [0.25, 0.3) is 10.9 Å². The lowest BCUT2D eigenvalue weighted by atomic mass is 9.96. The summed E-state index contributed by atoms with van der Waals surface area (Å²) in [5, 5.41) is 8.62. The smallest absolute Gasteiger partial charge is 0.243 e. The van der Waals surface area contributed by atoms with E-state index in [0.717, 1.165) is 65.8 Å². The highest BCUT2D eigenvalue weighted by atomic mass is 16.5. The summed E-state index contributed by atoms with van der Waals surface area (Å²) in [6.45, 7) is 4.31. The second kappa shape index (κ2) is 12.9. The molecule has 1 unspecified atom stereocenters. The summed E-state index contributed by atoms with van der Waals surface area (Å²) in [5.74, 6) is 0.471. The molecule has 3 atom stereocenters. The molecule has 0 spiro atoms. The topological polar surface area (TPSA) is 123 Å². The number of nitrogens with one attached hydrogen (secondary N) is 1. The van der Waals surface area contributed by atoms with Crippen molar-refractivity contribution in [3.05, 3.63) is 59.3 Å². The SMILES string of the molecule is COc1ccc(C[C@@H]2CC(C(=O)NCc3ccc4c(C)nn(C)c4c3)N(C(=O)[C@H](N)CCC(=O)N3CCCC3)C2)cc1. The predicted octanol–water partition coefficient (Wildman–Crippen LogP) is 2.70. The number of rotatable bonds is 10. The lowest BCUT2D eigenvalue weighted by Crippen LogP contribution is -2.51. The van der Waals surface area contributed by atoms with Crippen LogP contribution in [0.3, 0.4) is 0 Å². The van der Waals surface area contributed by atoms with Gasteiger partial charge in [0.15, 0.2) is 0 Å². The van der Waals surface area contributed by atoms with Gasteiger partial charge in [0.2, 0.25) is 17.7 Å². The average Bonchev–Trinajstić information content (AvgIpc) is 3.74. The number of fused-ring (bicyclic) bond motifs is 1. The quantitative estimate of drug-likeness (QED) is 0.384. The highest BCUT2D eigenvalue weighted by Crippen LogP contribution is 2.29. The van der Waals surface area contributed by atoms with Crippen molar-refractivity contribution in [2.45, 2.75) is 64.1 Å². The molecule has 2 aliphatic heterocycles. The first-order chi connectivity index (χ1) is 20.2. The molecule has 3 heterocycles. The molecule has 3 aromatic rings. The predicted molar refractivity (Wildman–Crippen MR) is 161 cm³/mol. The van der Waals surface area contributed by atoms with Gasteiger partial charge in [0.25, 0.3) is 0 Å². The van der Waals surface area contributed by atoms with Gasteiger partial charge in [-0.2, -0.15) is 5.10 Å². The van der Waals surface area contributed by atoms with Crippen molar-refractivity contribution in [1.82, 2.24) is 24.9 Å². The van der Waals surface area contributed by atoms with E-state index in [1.807, 2.05) is 66.0 Å². The van der Waals surface area contributed by atoms with E-state index in [9.17, 15) is 14.4 Å². The van der Waals surface area contributed by atoms with Gasteiger partial charge in [-0.15, -0.1) is 0 Å². The lowest BCUT2D eigenvalue weighted by Gasteiger charge is -2.27. The third kappa shape index (κ3) is 6.59. The van der Waals surface area contributed by atoms with Gasteiger partial charge < -0.3 is 25.6 Å². The normalized spacial score (nSPS) is 19.3. The number of nitrogens with two attached hydrogens (primary N) is 1. The number of nitrogens with zero attached hydrogens (tertiary/aromatic N) is 4. The number of amides is 3. The molecule has 3 N–H and O–H groups in total. The zero-order chi connectivity index (χ0) is 29.8. The number of likely N-dealkylation sites (tertiary alicyclic amines) is 2. The van der Waals surface area contributed by atoms with Gasteiger partial charge >= 0.3 is 0 Å². The Hall–Kier alpha value is -3.92. The van der Waals surface area contributed by atoms with Crippen LogP contribution in [-0.2, 0) is 34.4 Å². The van der Waals surface area contributed by atoms with Crippen LogP contribution in [-0.4, -0.2) is 76.1 Å². The summed E-state index contributed by atoms with van der Waals surface area (Å²) in [6.07, 6.45) is 3.83. The number of benzene rings is 2. The van der Waals surface area contributed by atoms with E-state index in [1.54, 1.807) is 12.0 Å². The minimum absolute atomic E-state index is 0.0458. The highest BCUT2D eigenvalue weighted by Gasteiger charge is 2.41. The number of hydrogen-bond donors (Lipinski definition) is 2. The van der Waals surface area contributed by atoms with Gasteiger partial charge in [0, 0.05) is 45.0 Å². The zero-order valence-electron chi connectivity index (χ0n) is 24.8. The number of methoxy groups -OCH3 is 1. The molecule has 2 fully saturated rings. The molecular formula is C32H42N6O4. The number of hydrogen-bond acceptors (Lipinski definition) is 6. The number of carbonyl (C=O) groups is 3. The number of ether oxygens (including phenoxy) is 1. The van der Waals surface area contributed by atoms with Gasteiger partial charge in [0.05, 0.1) is 24.4 Å². The number of aromatic nitrogens is 2. The second-order valence-corrected chi connectivity index (χ2v) is 11.7. The zero-order valence-corrected chi connectivity index (χ0v) is 24.8. The van der Waals surface area contributed by atoms with Crippen LogP contribution in [0, 0.1) is 12.8 Å². The maximum Gasteiger partial charge on any atom is 0.243 e. The van der Waals surface area contributed by atoms with Crippen LogP contribution >= 0.6 is 0 Å². The molecule has 1 aromatic heterocycles. The Balaban J connectivity index is 1.26. The van der Waals surface area contributed by atoms with Crippen LogP contribution < -0.4 is 15.8 Å². The van der Waals surface area contributed by atoms with Crippen molar-refractivity contribution in [3.63, 3.8) is 0 Å². The largest absolute Gasteiger partial charge is 0.497 e. The van der Waals surface area contributed by atoms with Gasteiger partial charge in [-0.1, -0.05) is 24.3 Å². The fourth-order valence-corrected chi connectivity index (χ4v) is 6.30. The van der Waals surface area contributed by atoms with Crippen molar-refractivity contribution in [3.8, 4) is 5.75 Å². The standard InChI is InChI=1S/C32H42N6O4/c1-21-26-11-8-23(17-28(26)36(2)35-21)19-34-31(40)29-18-24(16-22-6-9-25(42-3)10-7-22)20-38(29)32(41)27(33)12-13-30(39)37-14-4-5-15-37/h6-11,17,24,27,29H,4-5,12-16,18-20,33H2,1-3H3,(H,34,40)/t24-,27-,29?/m1/s1. The molecule has 42 heavy (non-hydrogen) atoms. The van der Waals surface area contributed by atoms with Crippen LogP contribution in [0.4, 0.5) is 0 Å². The van der Waals surface area contributed by atoms with Gasteiger partial charge in [-0.05, 0) is 74.3 Å². The molecule has 3 amide bonds. The molecule has 0 bridgehead atoms. The van der Waals surface area contributed by atoms with Gasteiger partial charge in [-0.25, -0.2) is 0 Å². The maximum absolute atomic E-state index is 13.6. The van der Waals surface area contributed by atoms with Crippen LogP contribution in [0.5, 0.6) is 5.75 Å². The Kier molecular flexibility index (Phi) is 9.11. The molecule has 5 rings (SSSR count). The van der Waals surface area contributed by atoms with Crippen molar-refractivity contribution in [2.24, 2.45) is 18.7 Å². The molecule has 0 radical (unpaired) electrons. The van der Waals surface area contributed by atoms with E-state index in [1.165, 1.54) is 0 Å². The lowest BCUT2D eigenvalue weighted by molar-refractivity contribution is -0.140. The van der Waals surface area contributed by atoms with E-state index in [0.29, 0.717) is 19.5 Å². The summed E-state index contributed by atoms with van der Waals surface area (Å²) in [4.78, 5) is 43.2. The summed E-state index contributed by atoms with van der Waals surface area (Å²) in [6, 6.07) is 12.5. The van der Waals surface area contributed by atoms with Crippen molar-refractivity contribution in [1.29, 1.82) is 0 Å². The second-order valence-electron chi connectivity index (χ2n) is 11.7. The number of aryl methyl sites for hydroxylation is 2. The molecule has 10 nitrogen and oxygen atoms in total. The van der Waals surface area contributed by atoms with Crippen molar-refractivity contribution < 1.29 is 19.1 Å². The molecule has 224 valence electrons. The van der Waals surface area contributed by atoms with Crippen LogP contribution in [0.2, 0.25) is 0 Å². The van der Waals surface area contributed by atoms with Crippen LogP contribution in [0.1, 0.15) is 48.9 Å². The first-order valence-electron chi connectivity index (χ1n) is 14.9. The van der Waals surface area contributed by atoms with E-state index < -0.39 is 12.1 Å². The minimum Gasteiger partial charge on any atom is -0.497 e. The third-order valence-electron chi connectivity index (χ3n) is 8.67. The molecule has 2 saturated heterocycles. The first-order valence-corrected chi connectivity index (χ1v) is 14.9. The fraction of sp³-hybridized carbons (Fsp3) is 0.500. The summed E-state index contributed by atoms with van der Waals surface area (Å²) in [5.41, 5.74) is 10.4. The molecule has 0 saturated carbocycles. The molecule has 2 aliphatic rings. The van der Waals surface area contributed by atoms with E-state index >= 15 is 0 Å². The summed E-state index contributed by atoms with van der Waals surface area (Å²) >= 11 is 0. The maximum atomic E-state index is 13.6. The van der Waals surface area contributed by atoms with Crippen molar-refractivity contribution >= 4 is 28.6 Å². The van der Waals surface area contributed by atoms with Gasteiger partial charge in [-0.3, -0.25) is 19.1 Å². The van der Waals surface area contributed by atoms with Gasteiger partial charge in [0.1, 0.15) is 11.8 Å². The summed E-state index contributed by atoms with van der Waals surface area (Å²) in [7, 11) is 3.54.